The third kappa shape index (κ3) is 8.19. The quantitative estimate of drug-likeness (QED) is 0.0988. The topological polar surface area (TPSA) is 101 Å². The van der Waals surface area contributed by atoms with Crippen LogP contribution in [-0.2, 0) is 40.8 Å². The standard InChI is InChI=1S/C45H37N7O2.2Pd/c1-27(2)34-17-13-30(38-11-7-9-21-46-38)23-42(34)53-32-15-19-36-37-20-16-33(26-41(37)52(40(36)25-32)45-50-48-44(29(5)6)49-51-45)54-43-24-31(14-18-35(43)28(3)4)39-12-8-10-22-47-39;;/h7-22,27-29H,1-6H3;;/q-4;2*+2. The van der Waals surface area contributed by atoms with Gasteiger partial charge in [0.25, 0.3) is 5.95 Å². The van der Waals surface area contributed by atoms with E-state index in [0.29, 0.717) is 39.9 Å². The van der Waals surface area contributed by atoms with Crippen molar-refractivity contribution in [2.75, 3.05) is 0 Å². The molecule has 0 aliphatic rings. The van der Waals surface area contributed by atoms with Crippen molar-refractivity contribution in [3.63, 3.8) is 0 Å². The van der Waals surface area contributed by atoms with E-state index < -0.39 is 0 Å². The molecule has 8 rings (SSSR count). The fourth-order valence-corrected chi connectivity index (χ4v) is 6.31. The van der Waals surface area contributed by atoms with Gasteiger partial charge < -0.3 is 24.0 Å². The van der Waals surface area contributed by atoms with Crippen LogP contribution in [0.3, 0.4) is 0 Å². The van der Waals surface area contributed by atoms with Crippen molar-refractivity contribution in [1.82, 2.24) is 34.9 Å². The predicted octanol–water partition coefficient (Wildman–Crippen LogP) is 10.6. The average molecular weight is 921 g/mol. The van der Waals surface area contributed by atoms with Gasteiger partial charge in [0.2, 0.25) is 0 Å². The Bertz CT molecular complexity index is 2440. The van der Waals surface area contributed by atoms with Crippen molar-refractivity contribution >= 4 is 21.8 Å². The molecule has 0 amide bonds. The van der Waals surface area contributed by atoms with E-state index in [1.165, 1.54) is 0 Å². The molecule has 56 heavy (non-hydrogen) atoms. The van der Waals surface area contributed by atoms with Crippen LogP contribution in [0, 0.1) is 24.3 Å². The molecule has 4 heterocycles. The summed E-state index contributed by atoms with van der Waals surface area (Å²) in [6.07, 6.45) is 3.54. The van der Waals surface area contributed by atoms with Crippen LogP contribution in [0.1, 0.15) is 76.2 Å². The summed E-state index contributed by atoms with van der Waals surface area (Å²) in [6, 6.07) is 41.6. The normalized spacial score (nSPS) is 11.2. The molecule has 4 aromatic carbocycles. The molecule has 0 saturated heterocycles. The van der Waals surface area contributed by atoms with Crippen molar-refractivity contribution in [3.8, 4) is 51.5 Å². The summed E-state index contributed by atoms with van der Waals surface area (Å²) in [7, 11) is 0. The zero-order valence-corrected chi connectivity index (χ0v) is 34.7. The number of benzene rings is 4. The molecular formula is C45H37N7O2Pd2. The third-order valence-electron chi connectivity index (χ3n) is 9.16. The molecule has 11 heteroatoms. The second-order valence-electron chi connectivity index (χ2n) is 14.0. The number of hydrogen-bond donors (Lipinski definition) is 0. The van der Waals surface area contributed by atoms with Crippen LogP contribution in [0.5, 0.6) is 23.0 Å². The van der Waals surface area contributed by atoms with Crippen LogP contribution in [0.15, 0.2) is 97.3 Å². The first-order chi connectivity index (χ1) is 26.2. The van der Waals surface area contributed by atoms with Crippen molar-refractivity contribution in [3.05, 3.63) is 139 Å². The molecule has 0 spiro atoms. The van der Waals surface area contributed by atoms with Gasteiger partial charge in [-0.1, -0.05) is 112 Å². The van der Waals surface area contributed by atoms with Gasteiger partial charge in [0.1, 0.15) is 0 Å². The van der Waals surface area contributed by atoms with E-state index in [0.717, 1.165) is 44.4 Å². The molecule has 284 valence electrons. The number of rotatable bonds is 10. The molecule has 0 aliphatic heterocycles. The van der Waals surface area contributed by atoms with E-state index in [-0.39, 0.29) is 64.5 Å². The van der Waals surface area contributed by atoms with Gasteiger partial charge >= 0.3 is 40.8 Å². The fraction of sp³-hybridized carbons (Fsp3) is 0.200. The molecule has 0 N–H and O–H groups in total. The maximum atomic E-state index is 6.60. The van der Waals surface area contributed by atoms with E-state index in [9.17, 15) is 0 Å². The Morgan fingerprint density at radius 3 is 1.36 bits per heavy atom. The molecule has 0 fully saturated rings. The minimum atomic E-state index is 0. The van der Waals surface area contributed by atoms with E-state index in [1.54, 1.807) is 12.4 Å². The van der Waals surface area contributed by atoms with Crippen molar-refractivity contribution in [1.29, 1.82) is 0 Å². The van der Waals surface area contributed by atoms with Crippen LogP contribution in [0.25, 0.3) is 50.3 Å². The summed E-state index contributed by atoms with van der Waals surface area (Å²) >= 11 is 0. The van der Waals surface area contributed by atoms with E-state index in [4.69, 9.17) is 9.47 Å². The van der Waals surface area contributed by atoms with Crippen molar-refractivity contribution in [2.45, 2.75) is 59.3 Å². The Hall–Kier alpha value is -5.16. The number of fused-ring (bicyclic) bond motifs is 3. The molecule has 0 radical (unpaired) electrons. The molecular weight excluding hydrogens is 883 g/mol. The van der Waals surface area contributed by atoms with Gasteiger partial charge in [0.05, 0.1) is 0 Å². The number of nitrogens with zero attached hydrogens (tertiary/aromatic N) is 7. The molecule has 9 nitrogen and oxygen atoms in total. The first-order valence-corrected chi connectivity index (χ1v) is 18.0. The maximum absolute atomic E-state index is 6.60. The Labute approximate surface area is 354 Å². The smallest absolute Gasteiger partial charge is 0.503 e. The molecule has 0 aliphatic carbocycles. The maximum Gasteiger partial charge on any atom is 2.00 e. The first kappa shape index (κ1) is 40.5. The van der Waals surface area contributed by atoms with E-state index in [1.807, 2.05) is 91.2 Å². The Kier molecular flexibility index (Phi) is 12.5. The van der Waals surface area contributed by atoms with Gasteiger partial charge in [0, 0.05) is 41.3 Å². The number of aromatic nitrogens is 7. The molecule has 0 unspecified atom stereocenters. The van der Waals surface area contributed by atoms with Gasteiger partial charge in [-0.15, -0.1) is 80.1 Å². The second-order valence-corrected chi connectivity index (χ2v) is 14.0. The van der Waals surface area contributed by atoms with Crippen LogP contribution >= 0.6 is 0 Å². The first-order valence-electron chi connectivity index (χ1n) is 18.0. The fourth-order valence-electron chi connectivity index (χ4n) is 6.31. The van der Waals surface area contributed by atoms with Gasteiger partial charge in [-0.3, -0.25) is 0 Å². The average Bonchev–Trinajstić information content (AvgIpc) is 3.51. The van der Waals surface area contributed by atoms with Crippen LogP contribution in [0.4, 0.5) is 0 Å². The monoisotopic (exact) mass is 919 g/mol. The summed E-state index contributed by atoms with van der Waals surface area (Å²) in [4.78, 5) is 9.04. The van der Waals surface area contributed by atoms with Gasteiger partial charge in [-0.2, -0.15) is 22.9 Å². The van der Waals surface area contributed by atoms with Crippen LogP contribution in [-0.4, -0.2) is 34.9 Å². The minimum Gasteiger partial charge on any atom is -0.503 e. The minimum absolute atomic E-state index is 0. The summed E-state index contributed by atoms with van der Waals surface area (Å²) < 4.78 is 15.0. The molecule has 0 bridgehead atoms. The second kappa shape index (κ2) is 17.3. The van der Waals surface area contributed by atoms with Crippen molar-refractivity contribution in [2.24, 2.45) is 0 Å². The molecule has 4 aromatic heterocycles. The van der Waals surface area contributed by atoms with E-state index >= 15 is 0 Å². The Balaban J connectivity index is 0.00000266. The largest absolute Gasteiger partial charge is 2.00 e. The van der Waals surface area contributed by atoms with Gasteiger partial charge in [-0.05, 0) is 23.5 Å². The number of pyridine rings is 2. The summed E-state index contributed by atoms with van der Waals surface area (Å²) in [5.74, 6) is 3.51. The number of ether oxygens (including phenoxy) is 2. The SMILES string of the molecule is CC(C)c1nnc(-n2c3[c-]c(Oc4[c-]c(-c5ccccn5)ccc4C(C)C)ccc3c3ccc(Oc4[c-]c(-c5ccccn5)ccc4C(C)C)[c-]c32)nn1.[Pd+2].[Pd+2]. The zero-order valence-electron chi connectivity index (χ0n) is 31.5. The predicted molar refractivity (Wildman–Crippen MR) is 209 cm³/mol. The Morgan fingerprint density at radius 2 is 0.964 bits per heavy atom. The molecule has 0 saturated carbocycles. The summed E-state index contributed by atoms with van der Waals surface area (Å²) in [5, 5.41) is 19.7. The third-order valence-corrected chi connectivity index (χ3v) is 9.16. The van der Waals surface area contributed by atoms with Crippen molar-refractivity contribution < 1.29 is 50.3 Å². The number of hydrogen-bond acceptors (Lipinski definition) is 8. The Morgan fingerprint density at radius 1 is 0.500 bits per heavy atom. The van der Waals surface area contributed by atoms with Crippen LogP contribution < -0.4 is 9.47 Å². The van der Waals surface area contributed by atoms with Crippen LogP contribution in [0.2, 0.25) is 0 Å². The van der Waals surface area contributed by atoms with Gasteiger partial charge in [-0.25, -0.2) is 0 Å². The molecule has 8 aromatic rings. The molecule has 0 atom stereocenters. The van der Waals surface area contributed by atoms with E-state index in [2.05, 4.69) is 94.5 Å². The van der Waals surface area contributed by atoms with Gasteiger partial charge in [0.15, 0.2) is 5.82 Å². The summed E-state index contributed by atoms with van der Waals surface area (Å²) in [6.45, 7) is 12.5. The summed E-state index contributed by atoms with van der Waals surface area (Å²) in [5.41, 5.74) is 6.70. The zero-order chi connectivity index (χ0) is 37.3.